The van der Waals surface area contributed by atoms with Gasteiger partial charge in [-0.05, 0) is 48.4 Å². The van der Waals surface area contributed by atoms with Crippen molar-refractivity contribution in [3.05, 3.63) is 52.1 Å². The van der Waals surface area contributed by atoms with Gasteiger partial charge < -0.3 is 0 Å². The van der Waals surface area contributed by atoms with Gasteiger partial charge in [0.2, 0.25) is 0 Å². The second-order valence-corrected chi connectivity index (χ2v) is 6.48. The number of hydrogen-bond acceptors (Lipinski definition) is 1. The highest BCUT2D eigenvalue weighted by Gasteiger charge is 2.18. The van der Waals surface area contributed by atoms with Crippen molar-refractivity contribution >= 4 is 11.9 Å². The van der Waals surface area contributed by atoms with Crippen molar-refractivity contribution in [2.24, 2.45) is 0 Å². The lowest BCUT2D eigenvalue weighted by Crippen LogP contribution is -2.12. The van der Waals surface area contributed by atoms with Crippen LogP contribution in [0.1, 0.15) is 62.5 Å². The summed E-state index contributed by atoms with van der Waals surface area (Å²) in [5, 5.41) is 0. The zero-order chi connectivity index (χ0) is 14.2. The third-order valence-electron chi connectivity index (χ3n) is 3.91. The van der Waals surface area contributed by atoms with E-state index in [4.69, 9.17) is 0 Å². The summed E-state index contributed by atoms with van der Waals surface area (Å²) >= 11 is 0. The molecule has 1 aromatic carbocycles. The molecule has 0 saturated heterocycles. The van der Waals surface area contributed by atoms with Gasteiger partial charge in [0.15, 0.2) is 6.29 Å². The van der Waals surface area contributed by atoms with Crippen molar-refractivity contribution < 1.29 is 4.79 Å². The Hall–Kier alpha value is -1.63. The van der Waals surface area contributed by atoms with Crippen molar-refractivity contribution in [3.8, 4) is 0 Å². The van der Waals surface area contributed by atoms with Gasteiger partial charge in [-0.1, -0.05) is 50.1 Å². The van der Waals surface area contributed by atoms with Crippen molar-refractivity contribution in [1.29, 1.82) is 0 Å². The third kappa shape index (κ3) is 2.70. The first kappa shape index (κ1) is 13.8. The number of benzene rings is 1. The molecule has 0 heterocycles. The number of rotatable bonds is 2. The molecule has 0 bridgehead atoms. The van der Waals surface area contributed by atoms with Crippen LogP contribution >= 0.6 is 0 Å². The molecular formula is C18H22O. The SMILES string of the molecule is CC1=C(C)CC(c2ccc(C(C)(C)C)cc2C=O)=C1. The molecule has 0 atom stereocenters. The highest BCUT2D eigenvalue weighted by Crippen LogP contribution is 2.34. The lowest BCUT2D eigenvalue weighted by Gasteiger charge is -2.20. The monoisotopic (exact) mass is 254 g/mol. The first-order valence-corrected chi connectivity index (χ1v) is 6.80. The topological polar surface area (TPSA) is 17.1 Å². The van der Waals surface area contributed by atoms with Crippen molar-refractivity contribution in [2.45, 2.75) is 46.5 Å². The minimum Gasteiger partial charge on any atom is -0.298 e. The summed E-state index contributed by atoms with van der Waals surface area (Å²) in [7, 11) is 0. The molecule has 0 N–H and O–H groups in total. The first-order valence-electron chi connectivity index (χ1n) is 6.80. The maximum Gasteiger partial charge on any atom is 0.150 e. The predicted molar refractivity (Wildman–Crippen MR) is 81.5 cm³/mol. The van der Waals surface area contributed by atoms with E-state index in [9.17, 15) is 4.79 Å². The van der Waals surface area contributed by atoms with Crippen molar-refractivity contribution in [3.63, 3.8) is 0 Å². The van der Waals surface area contributed by atoms with Crippen LogP contribution < -0.4 is 0 Å². The van der Waals surface area contributed by atoms with Crippen molar-refractivity contribution in [1.82, 2.24) is 0 Å². The molecule has 1 nitrogen and oxygen atoms in total. The van der Waals surface area contributed by atoms with Gasteiger partial charge in [0.25, 0.3) is 0 Å². The highest BCUT2D eigenvalue weighted by molar-refractivity contribution is 5.88. The lowest BCUT2D eigenvalue weighted by atomic mass is 9.84. The third-order valence-corrected chi connectivity index (χ3v) is 3.91. The van der Waals surface area contributed by atoms with Crippen molar-refractivity contribution in [2.75, 3.05) is 0 Å². The van der Waals surface area contributed by atoms with E-state index in [1.165, 1.54) is 22.3 Å². The number of allylic oxidation sites excluding steroid dienone is 4. The van der Waals surface area contributed by atoms with E-state index in [-0.39, 0.29) is 5.41 Å². The van der Waals surface area contributed by atoms with E-state index in [1.54, 1.807) is 0 Å². The highest BCUT2D eigenvalue weighted by atomic mass is 16.1. The standard InChI is InChI=1S/C18H22O/c1-12-8-14(9-13(12)2)17-7-6-16(18(3,4)5)10-15(17)11-19/h6-8,10-11H,9H2,1-5H3. The van der Waals surface area contributed by atoms with E-state index in [0.717, 1.165) is 23.8 Å². The van der Waals surface area contributed by atoms with Crippen LogP contribution in [-0.4, -0.2) is 6.29 Å². The van der Waals surface area contributed by atoms with E-state index < -0.39 is 0 Å². The average molecular weight is 254 g/mol. The molecule has 1 aliphatic carbocycles. The first-order chi connectivity index (χ1) is 8.82. The second-order valence-electron chi connectivity index (χ2n) is 6.48. The van der Waals surface area contributed by atoms with E-state index in [1.807, 2.05) is 6.07 Å². The Morgan fingerprint density at radius 1 is 1.16 bits per heavy atom. The Labute approximate surface area is 116 Å². The lowest BCUT2D eigenvalue weighted by molar-refractivity contribution is 0.112. The molecule has 0 radical (unpaired) electrons. The molecule has 2 rings (SSSR count). The Bertz CT molecular complexity index is 580. The van der Waals surface area contributed by atoms with Crippen LogP contribution in [-0.2, 0) is 5.41 Å². The van der Waals surface area contributed by atoms with Gasteiger partial charge in [-0.2, -0.15) is 0 Å². The Balaban J connectivity index is 2.45. The minimum atomic E-state index is 0.0738. The minimum absolute atomic E-state index is 0.0738. The van der Waals surface area contributed by atoms with Crippen LogP contribution in [0.5, 0.6) is 0 Å². The van der Waals surface area contributed by atoms with Crippen LogP contribution in [0.4, 0.5) is 0 Å². The maximum atomic E-state index is 11.4. The van der Waals surface area contributed by atoms with E-state index in [0.29, 0.717) is 0 Å². The molecule has 19 heavy (non-hydrogen) atoms. The fourth-order valence-electron chi connectivity index (χ4n) is 2.45. The van der Waals surface area contributed by atoms with Crippen LogP contribution in [0.3, 0.4) is 0 Å². The number of carbonyl (C=O) groups is 1. The Kier molecular flexibility index (Phi) is 3.49. The number of hydrogen-bond donors (Lipinski definition) is 0. The molecule has 0 spiro atoms. The fourth-order valence-corrected chi connectivity index (χ4v) is 2.45. The molecule has 0 aliphatic heterocycles. The summed E-state index contributed by atoms with van der Waals surface area (Å²) in [5.74, 6) is 0. The quantitative estimate of drug-likeness (QED) is 0.685. The van der Waals surface area contributed by atoms with Gasteiger partial charge in [0, 0.05) is 5.56 Å². The van der Waals surface area contributed by atoms with Crippen LogP contribution in [0.2, 0.25) is 0 Å². The molecule has 0 unspecified atom stereocenters. The average Bonchev–Trinajstić information content (AvgIpc) is 2.67. The normalized spacial score (nSPS) is 15.7. The second kappa shape index (κ2) is 4.80. The molecule has 1 aromatic rings. The largest absolute Gasteiger partial charge is 0.298 e. The number of carbonyl (C=O) groups excluding carboxylic acids is 1. The summed E-state index contributed by atoms with van der Waals surface area (Å²) in [4.78, 5) is 11.4. The van der Waals surface area contributed by atoms with Gasteiger partial charge in [0.1, 0.15) is 0 Å². The van der Waals surface area contributed by atoms with Crippen LogP contribution in [0, 0.1) is 0 Å². The van der Waals surface area contributed by atoms with Gasteiger partial charge in [0.05, 0.1) is 0 Å². The zero-order valence-corrected chi connectivity index (χ0v) is 12.5. The molecule has 1 heteroatoms. The molecule has 1 aliphatic rings. The summed E-state index contributed by atoms with van der Waals surface area (Å²) < 4.78 is 0. The van der Waals surface area contributed by atoms with Gasteiger partial charge in [-0.25, -0.2) is 0 Å². The van der Waals surface area contributed by atoms with Gasteiger partial charge >= 0.3 is 0 Å². The summed E-state index contributed by atoms with van der Waals surface area (Å²) in [6.07, 6.45) is 4.14. The number of aldehydes is 1. The van der Waals surface area contributed by atoms with E-state index in [2.05, 4.69) is 52.8 Å². The molecule has 0 aromatic heterocycles. The molecule has 0 amide bonds. The molecule has 100 valence electrons. The molecule has 0 saturated carbocycles. The Morgan fingerprint density at radius 2 is 1.84 bits per heavy atom. The molecular weight excluding hydrogens is 232 g/mol. The van der Waals surface area contributed by atoms with Gasteiger partial charge in [-0.3, -0.25) is 4.79 Å². The van der Waals surface area contributed by atoms with E-state index >= 15 is 0 Å². The predicted octanol–water partition coefficient (Wildman–Crippen LogP) is 4.92. The molecule has 0 fully saturated rings. The Morgan fingerprint density at radius 3 is 2.32 bits per heavy atom. The summed E-state index contributed by atoms with van der Waals surface area (Å²) in [6.45, 7) is 10.8. The van der Waals surface area contributed by atoms with Crippen LogP contribution in [0.15, 0.2) is 35.4 Å². The maximum absolute atomic E-state index is 11.4. The van der Waals surface area contributed by atoms with Gasteiger partial charge in [-0.15, -0.1) is 0 Å². The fraction of sp³-hybridized carbons (Fsp3) is 0.389. The summed E-state index contributed by atoms with van der Waals surface area (Å²) in [6, 6.07) is 6.28. The summed E-state index contributed by atoms with van der Waals surface area (Å²) in [5.41, 5.74) is 7.15. The smallest absolute Gasteiger partial charge is 0.150 e. The van der Waals surface area contributed by atoms with Crippen LogP contribution in [0.25, 0.3) is 5.57 Å². The zero-order valence-electron chi connectivity index (χ0n) is 12.5.